The second-order valence-corrected chi connectivity index (χ2v) is 9.67. The number of fused-ring (bicyclic) bond motifs is 1. The van der Waals surface area contributed by atoms with Gasteiger partial charge in [0.15, 0.2) is 5.82 Å². The summed E-state index contributed by atoms with van der Waals surface area (Å²) >= 11 is 0. The molecular formula is C22H25F3N4O3S. The van der Waals surface area contributed by atoms with E-state index in [4.69, 9.17) is 4.74 Å². The number of hydrogen-bond acceptors (Lipinski definition) is 5. The third-order valence-electron chi connectivity index (χ3n) is 5.66. The molecule has 1 saturated heterocycles. The van der Waals surface area contributed by atoms with E-state index in [-0.39, 0.29) is 30.2 Å². The van der Waals surface area contributed by atoms with E-state index in [0.717, 1.165) is 32.0 Å². The smallest absolute Gasteiger partial charge is 0.383 e. The Kier molecular flexibility index (Phi) is 6.64. The Morgan fingerprint density at radius 3 is 2.55 bits per heavy atom. The van der Waals surface area contributed by atoms with E-state index in [9.17, 15) is 21.6 Å². The van der Waals surface area contributed by atoms with Crippen LogP contribution >= 0.6 is 0 Å². The molecule has 0 radical (unpaired) electrons. The maximum Gasteiger partial charge on any atom is 0.416 e. The Labute approximate surface area is 190 Å². The Hall–Kier alpha value is -2.63. The van der Waals surface area contributed by atoms with Crippen LogP contribution in [0.15, 0.2) is 47.4 Å². The van der Waals surface area contributed by atoms with Gasteiger partial charge in [0.1, 0.15) is 0 Å². The first kappa shape index (κ1) is 23.5. The van der Waals surface area contributed by atoms with Crippen LogP contribution in [0.3, 0.4) is 0 Å². The van der Waals surface area contributed by atoms with Crippen LogP contribution in [-0.4, -0.2) is 51.5 Å². The Morgan fingerprint density at radius 1 is 1.12 bits per heavy atom. The van der Waals surface area contributed by atoms with Crippen LogP contribution in [0.25, 0.3) is 10.9 Å². The summed E-state index contributed by atoms with van der Waals surface area (Å²) in [4.78, 5) is 2.12. The number of alkyl halides is 3. The third kappa shape index (κ3) is 4.99. The molecule has 11 heteroatoms. The number of methoxy groups -OCH3 is 1. The predicted octanol–water partition coefficient (Wildman–Crippen LogP) is 3.63. The number of ether oxygens (including phenoxy) is 1. The molecule has 1 aliphatic heterocycles. The fourth-order valence-corrected chi connectivity index (χ4v) is 5.09. The highest BCUT2D eigenvalue weighted by molar-refractivity contribution is 7.89. The minimum Gasteiger partial charge on any atom is -0.383 e. The number of nitrogens with one attached hydrogen (secondary N) is 1. The van der Waals surface area contributed by atoms with E-state index in [0.29, 0.717) is 16.7 Å². The van der Waals surface area contributed by atoms with Gasteiger partial charge >= 0.3 is 6.18 Å². The van der Waals surface area contributed by atoms with Crippen molar-refractivity contribution in [2.75, 3.05) is 38.3 Å². The number of nitrogens with zero attached hydrogens (tertiary/aromatic N) is 3. The monoisotopic (exact) mass is 482 g/mol. The molecule has 1 fully saturated rings. The first-order valence-corrected chi connectivity index (χ1v) is 12.1. The molecule has 7 nitrogen and oxygen atoms in total. The van der Waals surface area contributed by atoms with Crippen molar-refractivity contribution < 1.29 is 26.3 Å². The molecule has 0 amide bonds. The van der Waals surface area contributed by atoms with E-state index in [1.165, 1.54) is 36.1 Å². The normalized spacial score (nSPS) is 15.0. The van der Waals surface area contributed by atoms with Crippen LogP contribution in [0.5, 0.6) is 0 Å². The van der Waals surface area contributed by atoms with Crippen LogP contribution in [0, 0.1) is 0 Å². The van der Waals surface area contributed by atoms with Gasteiger partial charge in [-0.2, -0.15) is 18.3 Å². The number of sulfonamides is 1. The van der Waals surface area contributed by atoms with Crippen molar-refractivity contribution in [3.8, 4) is 0 Å². The number of anilines is 1. The SMILES string of the molecule is COCCNS(=O)(=O)c1ccc2c(c1)c(N1CCCC1)nn2Cc1ccccc1C(F)(F)F. The number of benzene rings is 2. The molecule has 0 bridgehead atoms. The maximum absolute atomic E-state index is 13.5. The lowest BCUT2D eigenvalue weighted by Gasteiger charge is -2.15. The van der Waals surface area contributed by atoms with Gasteiger partial charge in [0.05, 0.1) is 29.1 Å². The molecule has 1 N–H and O–H groups in total. The zero-order valence-corrected chi connectivity index (χ0v) is 18.9. The van der Waals surface area contributed by atoms with Gasteiger partial charge in [-0.3, -0.25) is 4.68 Å². The highest BCUT2D eigenvalue weighted by atomic mass is 32.2. The zero-order valence-electron chi connectivity index (χ0n) is 18.1. The molecular weight excluding hydrogens is 457 g/mol. The van der Waals surface area contributed by atoms with Crippen molar-refractivity contribution >= 4 is 26.7 Å². The molecule has 4 rings (SSSR count). The minimum absolute atomic E-state index is 0.0711. The van der Waals surface area contributed by atoms with E-state index in [2.05, 4.69) is 9.82 Å². The molecule has 0 saturated carbocycles. The molecule has 178 valence electrons. The van der Waals surface area contributed by atoms with Gasteiger partial charge in [-0.05, 0) is 42.7 Å². The third-order valence-corrected chi connectivity index (χ3v) is 7.12. The number of hydrogen-bond donors (Lipinski definition) is 1. The highest BCUT2D eigenvalue weighted by Gasteiger charge is 2.33. The average Bonchev–Trinajstić information content (AvgIpc) is 3.41. The topological polar surface area (TPSA) is 76.5 Å². The second kappa shape index (κ2) is 9.32. The lowest BCUT2D eigenvalue weighted by atomic mass is 10.1. The maximum atomic E-state index is 13.5. The van der Waals surface area contributed by atoms with Gasteiger partial charge in [-0.25, -0.2) is 13.1 Å². The Balaban J connectivity index is 1.78. The lowest BCUT2D eigenvalue weighted by molar-refractivity contribution is -0.138. The first-order chi connectivity index (χ1) is 15.7. The molecule has 0 unspecified atom stereocenters. The quantitative estimate of drug-likeness (QED) is 0.497. The molecule has 0 spiro atoms. The molecule has 2 heterocycles. The number of aromatic nitrogens is 2. The van der Waals surface area contributed by atoms with Crippen LogP contribution in [0.1, 0.15) is 24.0 Å². The van der Waals surface area contributed by atoms with Gasteiger partial charge < -0.3 is 9.64 Å². The minimum atomic E-state index is -4.48. The molecule has 0 atom stereocenters. The lowest BCUT2D eigenvalue weighted by Crippen LogP contribution is -2.27. The van der Waals surface area contributed by atoms with E-state index in [1.807, 2.05) is 4.90 Å². The fourth-order valence-electron chi connectivity index (χ4n) is 4.05. The summed E-state index contributed by atoms with van der Waals surface area (Å²) in [6, 6.07) is 9.99. The molecule has 2 aromatic carbocycles. The Morgan fingerprint density at radius 2 is 1.85 bits per heavy atom. The van der Waals surface area contributed by atoms with Crippen LogP contribution in [-0.2, 0) is 27.5 Å². The fraction of sp³-hybridized carbons (Fsp3) is 0.409. The zero-order chi connectivity index (χ0) is 23.6. The first-order valence-electron chi connectivity index (χ1n) is 10.6. The van der Waals surface area contributed by atoms with E-state index < -0.39 is 21.8 Å². The highest BCUT2D eigenvalue weighted by Crippen LogP contribution is 2.34. The summed E-state index contributed by atoms with van der Waals surface area (Å²) in [5.41, 5.74) is -0.0389. The van der Waals surface area contributed by atoms with Gasteiger partial charge in [0.2, 0.25) is 10.0 Å². The summed E-state index contributed by atoms with van der Waals surface area (Å²) in [6.45, 7) is 1.79. The summed E-state index contributed by atoms with van der Waals surface area (Å²) in [5, 5.41) is 5.22. The largest absolute Gasteiger partial charge is 0.416 e. The number of halogens is 3. The standard InChI is InChI=1S/C22H25F3N4O3S/c1-32-13-10-26-33(30,31)17-8-9-20-18(14-17)21(28-11-4-5-12-28)27-29(20)15-16-6-2-3-7-19(16)22(23,24)25/h2-3,6-9,14,26H,4-5,10-13,15H2,1H3. The van der Waals surface area contributed by atoms with Crippen LogP contribution < -0.4 is 9.62 Å². The average molecular weight is 483 g/mol. The molecule has 3 aromatic rings. The van der Waals surface area contributed by atoms with Gasteiger partial charge in [0, 0.05) is 32.1 Å². The second-order valence-electron chi connectivity index (χ2n) is 7.90. The summed E-state index contributed by atoms with van der Waals surface area (Å²) in [6.07, 6.45) is -2.53. The van der Waals surface area contributed by atoms with Crippen LogP contribution in [0.4, 0.5) is 19.0 Å². The molecule has 33 heavy (non-hydrogen) atoms. The van der Waals surface area contributed by atoms with Crippen molar-refractivity contribution in [3.05, 3.63) is 53.6 Å². The van der Waals surface area contributed by atoms with Crippen molar-refractivity contribution in [1.29, 1.82) is 0 Å². The molecule has 1 aromatic heterocycles. The summed E-state index contributed by atoms with van der Waals surface area (Å²) in [7, 11) is -2.29. The van der Waals surface area contributed by atoms with Crippen molar-refractivity contribution in [2.24, 2.45) is 0 Å². The molecule has 1 aliphatic rings. The summed E-state index contributed by atoms with van der Waals surface area (Å²) in [5.74, 6) is 0.584. The predicted molar refractivity (Wildman–Crippen MR) is 119 cm³/mol. The van der Waals surface area contributed by atoms with E-state index in [1.54, 1.807) is 12.1 Å². The van der Waals surface area contributed by atoms with Crippen molar-refractivity contribution in [1.82, 2.24) is 14.5 Å². The van der Waals surface area contributed by atoms with Crippen LogP contribution in [0.2, 0.25) is 0 Å². The van der Waals surface area contributed by atoms with Crippen molar-refractivity contribution in [2.45, 2.75) is 30.5 Å². The number of rotatable bonds is 8. The van der Waals surface area contributed by atoms with Gasteiger partial charge in [-0.15, -0.1) is 0 Å². The van der Waals surface area contributed by atoms with Crippen molar-refractivity contribution in [3.63, 3.8) is 0 Å². The Bertz CT molecular complexity index is 1240. The van der Waals surface area contributed by atoms with Gasteiger partial charge in [-0.1, -0.05) is 18.2 Å². The summed E-state index contributed by atoms with van der Waals surface area (Å²) < 4.78 is 74.8. The van der Waals surface area contributed by atoms with Gasteiger partial charge in [0.25, 0.3) is 0 Å². The molecule has 0 aliphatic carbocycles. The van der Waals surface area contributed by atoms with E-state index >= 15 is 0 Å².